The molecule has 9 heteroatoms. The number of carbonyl (C=O) groups is 1. The van der Waals surface area contributed by atoms with Crippen molar-refractivity contribution >= 4 is 27.4 Å². The number of ether oxygens (including phenoxy) is 1. The van der Waals surface area contributed by atoms with Gasteiger partial charge in [0.25, 0.3) is 15.9 Å². The molecule has 1 aliphatic heterocycles. The summed E-state index contributed by atoms with van der Waals surface area (Å²) in [5.74, 6) is 0.272. The summed E-state index contributed by atoms with van der Waals surface area (Å²) in [5, 5.41) is 6.62. The Balaban J connectivity index is 1.92. The van der Waals surface area contributed by atoms with Gasteiger partial charge in [0.1, 0.15) is 5.75 Å². The van der Waals surface area contributed by atoms with Crippen LogP contribution in [0.15, 0.2) is 35.4 Å². The van der Waals surface area contributed by atoms with Crippen molar-refractivity contribution in [1.29, 1.82) is 0 Å². The van der Waals surface area contributed by atoms with E-state index < -0.39 is 16.1 Å². The molecule has 0 aliphatic carbocycles. The normalized spacial score (nSPS) is 17.4. The number of aryl methyl sites for hydroxylation is 1. The standard InChI is InChI=1S/C13H14N4O4S/c1-8-13(18)14-10-4-3-9(7-11(10)21-8)22(19,20)16-12-5-6-17(2)15-12/h3-8H,1-2H3,(H,14,18)(H,15,16)/t8-/m1/s1. The van der Waals surface area contributed by atoms with E-state index >= 15 is 0 Å². The van der Waals surface area contributed by atoms with E-state index in [9.17, 15) is 13.2 Å². The first-order chi connectivity index (χ1) is 10.3. The summed E-state index contributed by atoms with van der Waals surface area (Å²) >= 11 is 0. The van der Waals surface area contributed by atoms with Gasteiger partial charge in [0.2, 0.25) is 0 Å². The van der Waals surface area contributed by atoms with Crippen molar-refractivity contribution in [3.05, 3.63) is 30.5 Å². The Morgan fingerprint density at radius 2 is 2.14 bits per heavy atom. The second kappa shape index (κ2) is 5.02. The van der Waals surface area contributed by atoms with Gasteiger partial charge in [-0.15, -0.1) is 0 Å². The third kappa shape index (κ3) is 2.62. The van der Waals surface area contributed by atoms with Crippen LogP contribution in [0, 0.1) is 0 Å². The van der Waals surface area contributed by atoms with Crippen LogP contribution in [0.1, 0.15) is 6.92 Å². The number of amides is 1. The second-order valence-corrected chi connectivity index (χ2v) is 6.57. The zero-order valence-corrected chi connectivity index (χ0v) is 12.7. The minimum Gasteiger partial charge on any atom is -0.479 e. The zero-order valence-electron chi connectivity index (χ0n) is 11.9. The maximum absolute atomic E-state index is 12.3. The van der Waals surface area contributed by atoms with Crippen LogP contribution in [0.3, 0.4) is 0 Å². The number of hydrogen-bond acceptors (Lipinski definition) is 5. The van der Waals surface area contributed by atoms with Crippen LogP contribution in [0.5, 0.6) is 5.75 Å². The highest BCUT2D eigenvalue weighted by atomic mass is 32.2. The molecule has 2 heterocycles. The monoisotopic (exact) mass is 322 g/mol. The van der Waals surface area contributed by atoms with Gasteiger partial charge in [0.05, 0.1) is 10.6 Å². The first kappa shape index (κ1) is 14.4. The van der Waals surface area contributed by atoms with Crippen LogP contribution in [0.4, 0.5) is 11.5 Å². The second-order valence-electron chi connectivity index (χ2n) is 4.89. The molecule has 1 amide bonds. The van der Waals surface area contributed by atoms with E-state index in [2.05, 4.69) is 15.1 Å². The Bertz CT molecular complexity index is 843. The number of hydrogen-bond donors (Lipinski definition) is 2. The zero-order chi connectivity index (χ0) is 15.9. The minimum absolute atomic E-state index is 0.0280. The third-order valence-electron chi connectivity index (χ3n) is 3.15. The van der Waals surface area contributed by atoms with Crippen LogP contribution < -0.4 is 14.8 Å². The molecule has 0 saturated carbocycles. The maximum Gasteiger partial charge on any atom is 0.265 e. The van der Waals surface area contributed by atoms with E-state index in [1.807, 2.05) is 0 Å². The lowest BCUT2D eigenvalue weighted by atomic mass is 10.2. The number of fused-ring (bicyclic) bond motifs is 1. The number of aromatic nitrogens is 2. The topological polar surface area (TPSA) is 102 Å². The number of nitrogens with zero attached hydrogens (tertiary/aromatic N) is 2. The van der Waals surface area contributed by atoms with Crippen LogP contribution in [-0.2, 0) is 21.9 Å². The van der Waals surface area contributed by atoms with Gasteiger partial charge < -0.3 is 10.1 Å². The lowest BCUT2D eigenvalue weighted by Gasteiger charge is -2.23. The summed E-state index contributed by atoms with van der Waals surface area (Å²) in [7, 11) is -2.09. The molecule has 22 heavy (non-hydrogen) atoms. The van der Waals surface area contributed by atoms with E-state index in [4.69, 9.17) is 4.74 Å². The lowest BCUT2D eigenvalue weighted by molar-refractivity contribution is -0.122. The third-order valence-corrected chi connectivity index (χ3v) is 4.50. The fourth-order valence-electron chi connectivity index (χ4n) is 2.02. The van der Waals surface area contributed by atoms with Crippen molar-refractivity contribution in [2.45, 2.75) is 17.9 Å². The molecule has 1 aliphatic rings. The first-order valence-electron chi connectivity index (χ1n) is 6.49. The van der Waals surface area contributed by atoms with Gasteiger partial charge in [-0.1, -0.05) is 0 Å². The molecule has 2 aromatic rings. The average Bonchev–Trinajstić information content (AvgIpc) is 2.84. The van der Waals surface area contributed by atoms with E-state index in [0.29, 0.717) is 11.4 Å². The molecular weight excluding hydrogens is 308 g/mol. The van der Waals surface area contributed by atoms with Gasteiger partial charge in [-0.3, -0.25) is 14.2 Å². The fraction of sp³-hybridized carbons (Fsp3) is 0.231. The summed E-state index contributed by atoms with van der Waals surface area (Å²) in [6.07, 6.45) is 0.958. The quantitative estimate of drug-likeness (QED) is 0.875. The first-order valence-corrected chi connectivity index (χ1v) is 7.97. The molecule has 3 rings (SSSR count). The van der Waals surface area contributed by atoms with Crippen LogP contribution in [-0.4, -0.2) is 30.2 Å². The Labute approximate surface area is 127 Å². The molecule has 0 spiro atoms. The van der Waals surface area contributed by atoms with E-state index in [1.54, 1.807) is 26.2 Å². The van der Waals surface area contributed by atoms with Crippen molar-refractivity contribution in [3.8, 4) is 5.75 Å². The van der Waals surface area contributed by atoms with E-state index in [0.717, 1.165) is 0 Å². The van der Waals surface area contributed by atoms with Gasteiger partial charge in [0.15, 0.2) is 11.9 Å². The lowest BCUT2D eigenvalue weighted by Crippen LogP contribution is -2.34. The molecule has 0 radical (unpaired) electrons. The summed E-state index contributed by atoms with van der Waals surface area (Å²) in [5.41, 5.74) is 0.444. The van der Waals surface area contributed by atoms with Crippen LogP contribution in [0.2, 0.25) is 0 Å². The predicted molar refractivity (Wildman–Crippen MR) is 79.2 cm³/mol. The van der Waals surface area contributed by atoms with Gasteiger partial charge in [-0.05, 0) is 19.1 Å². The molecule has 0 saturated heterocycles. The number of rotatable bonds is 3. The van der Waals surface area contributed by atoms with E-state index in [1.165, 1.54) is 22.9 Å². The average molecular weight is 322 g/mol. The SMILES string of the molecule is C[C@H]1Oc2cc(S(=O)(=O)Nc3ccn(C)n3)ccc2NC1=O. The highest BCUT2D eigenvalue weighted by Gasteiger charge is 2.25. The molecule has 8 nitrogen and oxygen atoms in total. The van der Waals surface area contributed by atoms with Gasteiger partial charge in [-0.2, -0.15) is 5.10 Å². The van der Waals surface area contributed by atoms with Crippen molar-refractivity contribution in [3.63, 3.8) is 0 Å². The fourth-order valence-corrected chi connectivity index (χ4v) is 3.03. The molecule has 2 N–H and O–H groups in total. The number of anilines is 2. The Hall–Kier alpha value is -2.55. The molecule has 116 valence electrons. The number of carbonyl (C=O) groups excluding carboxylic acids is 1. The van der Waals surface area contributed by atoms with Crippen molar-refractivity contribution in [1.82, 2.24) is 9.78 Å². The molecule has 0 unspecified atom stereocenters. The van der Waals surface area contributed by atoms with E-state index in [-0.39, 0.29) is 16.6 Å². The summed E-state index contributed by atoms with van der Waals surface area (Å²) < 4.78 is 34.0. The van der Waals surface area contributed by atoms with Gasteiger partial charge in [0, 0.05) is 25.4 Å². The minimum atomic E-state index is -3.78. The number of benzene rings is 1. The molecular formula is C13H14N4O4S. The van der Waals surface area contributed by atoms with Crippen LogP contribution in [0.25, 0.3) is 0 Å². The molecule has 1 aromatic heterocycles. The largest absolute Gasteiger partial charge is 0.479 e. The highest BCUT2D eigenvalue weighted by Crippen LogP contribution is 2.32. The number of sulfonamides is 1. The smallest absolute Gasteiger partial charge is 0.265 e. The molecule has 1 atom stereocenters. The van der Waals surface area contributed by atoms with Gasteiger partial charge >= 0.3 is 0 Å². The molecule has 0 bridgehead atoms. The summed E-state index contributed by atoms with van der Waals surface area (Å²) in [6, 6.07) is 5.81. The Morgan fingerprint density at radius 1 is 1.36 bits per heavy atom. The maximum atomic E-state index is 12.3. The summed E-state index contributed by atoms with van der Waals surface area (Å²) in [6.45, 7) is 1.59. The molecule has 1 aromatic carbocycles. The van der Waals surface area contributed by atoms with Crippen molar-refractivity contribution in [2.24, 2.45) is 7.05 Å². The number of nitrogens with one attached hydrogen (secondary N) is 2. The Kier molecular flexibility index (Phi) is 3.28. The van der Waals surface area contributed by atoms with Crippen molar-refractivity contribution < 1.29 is 17.9 Å². The predicted octanol–water partition coefficient (Wildman–Crippen LogP) is 0.940. The van der Waals surface area contributed by atoms with Gasteiger partial charge in [-0.25, -0.2) is 8.42 Å². The highest BCUT2D eigenvalue weighted by molar-refractivity contribution is 7.92. The summed E-state index contributed by atoms with van der Waals surface area (Å²) in [4.78, 5) is 11.5. The van der Waals surface area contributed by atoms with Crippen molar-refractivity contribution in [2.75, 3.05) is 10.0 Å². The molecule has 0 fully saturated rings. The van der Waals surface area contributed by atoms with Crippen LogP contribution >= 0.6 is 0 Å². The Morgan fingerprint density at radius 3 is 2.82 bits per heavy atom.